The average Bonchev–Trinajstić information content (AvgIpc) is 3.20. The average molecular weight is 423 g/mol. The lowest BCUT2D eigenvalue weighted by atomic mass is 9.84. The summed E-state index contributed by atoms with van der Waals surface area (Å²) in [5.41, 5.74) is -0.557. The zero-order chi connectivity index (χ0) is 21.3. The quantitative estimate of drug-likeness (QED) is 0.753. The van der Waals surface area contributed by atoms with Crippen LogP contribution in [0.3, 0.4) is 0 Å². The van der Waals surface area contributed by atoms with Crippen LogP contribution in [0.25, 0.3) is 5.78 Å². The van der Waals surface area contributed by atoms with Crippen LogP contribution in [0.4, 0.5) is 13.2 Å². The second-order valence-electron chi connectivity index (χ2n) is 8.14. The summed E-state index contributed by atoms with van der Waals surface area (Å²) in [5.74, 6) is 0.0409. The van der Waals surface area contributed by atoms with Crippen LogP contribution in [-0.4, -0.2) is 49.3 Å². The van der Waals surface area contributed by atoms with Crippen LogP contribution in [0, 0.1) is 5.92 Å². The Balaban J connectivity index is 1.37. The van der Waals surface area contributed by atoms with E-state index in [1.54, 1.807) is 4.90 Å². The number of halogens is 3. The van der Waals surface area contributed by atoms with Crippen molar-refractivity contribution < 1.29 is 22.8 Å². The number of ketones is 1. The number of fused-ring (bicyclic) bond motifs is 1. The summed E-state index contributed by atoms with van der Waals surface area (Å²) in [6.07, 6.45) is 2.00. The molecular weight excluding hydrogens is 399 g/mol. The third kappa shape index (κ3) is 4.32. The number of Topliss-reactive ketones (excluding diaryl/α,β-unsaturated/α-hetero) is 1. The van der Waals surface area contributed by atoms with E-state index in [-0.39, 0.29) is 29.3 Å². The van der Waals surface area contributed by atoms with Crippen LogP contribution in [0.15, 0.2) is 12.4 Å². The van der Waals surface area contributed by atoms with Gasteiger partial charge in [0, 0.05) is 43.5 Å². The van der Waals surface area contributed by atoms with Crippen LogP contribution >= 0.6 is 0 Å². The molecule has 30 heavy (non-hydrogen) atoms. The monoisotopic (exact) mass is 423 g/mol. The molecular formula is C20H24F3N5O2. The van der Waals surface area contributed by atoms with Crippen LogP contribution in [0.1, 0.15) is 68.7 Å². The number of piperidine rings is 1. The first-order chi connectivity index (χ1) is 14.3. The van der Waals surface area contributed by atoms with E-state index >= 15 is 0 Å². The number of likely N-dealkylation sites (tertiary alicyclic amines) is 1. The molecule has 2 fully saturated rings. The molecule has 1 aliphatic carbocycles. The maximum Gasteiger partial charge on any atom is 0.433 e. The minimum Gasteiger partial charge on any atom is -0.343 e. The molecule has 10 heteroatoms. The molecule has 162 valence electrons. The van der Waals surface area contributed by atoms with E-state index in [1.807, 2.05) is 0 Å². The molecule has 4 rings (SSSR count). The first-order valence-corrected chi connectivity index (χ1v) is 10.4. The van der Waals surface area contributed by atoms with Crippen molar-refractivity contribution in [1.29, 1.82) is 0 Å². The van der Waals surface area contributed by atoms with Crippen molar-refractivity contribution in [3.05, 3.63) is 23.8 Å². The maximum atomic E-state index is 13.4. The second-order valence-corrected chi connectivity index (χ2v) is 8.14. The summed E-state index contributed by atoms with van der Waals surface area (Å²) in [5, 5.41) is 3.62. The van der Waals surface area contributed by atoms with Crippen molar-refractivity contribution in [1.82, 2.24) is 24.5 Å². The molecule has 0 N–H and O–H groups in total. The Labute approximate surface area is 171 Å². The van der Waals surface area contributed by atoms with Crippen molar-refractivity contribution in [2.45, 2.75) is 63.5 Å². The standard InChI is InChI=1S/C20H24F3N5O2/c21-20(22,23)17-11-15(26-19-24-12-25-28(17)19)13-7-9-27(10-8-13)18(30)6-5-14-3-1-2-4-16(14)29/h11-14H,1-10H2/t14-/m1/s1. The Morgan fingerprint density at radius 2 is 1.93 bits per heavy atom. The van der Waals surface area contributed by atoms with Gasteiger partial charge in [0.05, 0.1) is 0 Å². The largest absolute Gasteiger partial charge is 0.433 e. The molecule has 1 saturated heterocycles. The Morgan fingerprint density at radius 3 is 2.63 bits per heavy atom. The lowest BCUT2D eigenvalue weighted by molar-refractivity contribution is -0.142. The molecule has 2 aromatic heterocycles. The van der Waals surface area contributed by atoms with E-state index in [0.29, 0.717) is 55.4 Å². The SMILES string of the molecule is O=C1CCCC[C@@H]1CCC(=O)N1CCC(c2cc(C(F)(F)F)n3ncnc3n2)CC1. The zero-order valence-corrected chi connectivity index (χ0v) is 16.6. The van der Waals surface area contributed by atoms with Gasteiger partial charge in [-0.05, 0) is 38.2 Å². The minimum absolute atomic E-state index is 0.000103. The number of alkyl halides is 3. The van der Waals surface area contributed by atoms with Gasteiger partial charge in [-0.1, -0.05) is 6.42 Å². The van der Waals surface area contributed by atoms with Gasteiger partial charge in [0.2, 0.25) is 5.91 Å². The highest BCUT2D eigenvalue weighted by Gasteiger charge is 2.36. The molecule has 0 spiro atoms. The van der Waals surface area contributed by atoms with Crippen LogP contribution in [-0.2, 0) is 15.8 Å². The van der Waals surface area contributed by atoms with Crippen LogP contribution < -0.4 is 0 Å². The summed E-state index contributed by atoms with van der Waals surface area (Å²) >= 11 is 0. The summed E-state index contributed by atoms with van der Waals surface area (Å²) in [7, 11) is 0. The van der Waals surface area contributed by atoms with Crippen LogP contribution in [0.2, 0.25) is 0 Å². The van der Waals surface area contributed by atoms with Crippen molar-refractivity contribution in [3.8, 4) is 0 Å². The molecule has 0 aromatic carbocycles. The highest BCUT2D eigenvalue weighted by Crippen LogP contribution is 2.34. The van der Waals surface area contributed by atoms with Gasteiger partial charge in [0.25, 0.3) is 5.78 Å². The van der Waals surface area contributed by atoms with Gasteiger partial charge in [0.1, 0.15) is 12.1 Å². The summed E-state index contributed by atoms with van der Waals surface area (Å²) in [6, 6.07) is 1.04. The molecule has 3 heterocycles. The van der Waals surface area contributed by atoms with Gasteiger partial charge in [-0.15, -0.1) is 0 Å². The highest BCUT2D eigenvalue weighted by molar-refractivity contribution is 5.83. The number of hydrogen-bond acceptors (Lipinski definition) is 5. The smallest absolute Gasteiger partial charge is 0.343 e. The molecule has 1 atom stereocenters. The molecule has 1 saturated carbocycles. The Hall–Kier alpha value is -2.52. The van der Waals surface area contributed by atoms with E-state index in [1.165, 1.54) is 0 Å². The minimum atomic E-state index is -4.56. The lowest BCUT2D eigenvalue weighted by Gasteiger charge is -2.32. The molecule has 0 radical (unpaired) electrons. The maximum absolute atomic E-state index is 13.4. The summed E-state index contributed by atoms with van der Waals surface area (Å²) in [6.45, 7) is 0.950. The van der Waals surface area contributed by atoms with Gasteiger partial charge in [-0.2, -0.15) is 27.8 Å². The van der Waals surface area contributed by atoms with Gasteiger partial charge in [0.15, 0.2) is 5.69 Å². The van der Waals surface area contributed by atoms with Gasteiger partial charge in [-0.25, -0.2) is 4.98 Å². The number of amides is 1. The number of aromatic nitrogens is 4. The summed E-state index contributed by atoms with van der Waals surface area (Å²) < 4.78 is 40.9. The highest BCUT2D eigenvalue weighted by atomic mass is 19.4. The van der Waals surface area contributed by atoms with E-state index in [2.05, 4.69) is 15.1 Å². The van der Waals surface area contributed by atoms with E-state index < -0.39 is 11.9 Å². The van der Waals surface area contributed by atoms with E-state index in [0.717, 1.165) is 31.7 Å². The number of hydrogen-bond donors (Lipinski definition) is 0. The molecule has 2 aliphatic rings. The third-order valence-corrected chi connectivity index (χ3v) is 6.22. The van der Waals surface area contributed by atoms with Gasteiger partial charge in [-0.3, -0.25) is 9.59 Å². The van der Waals surface area contributed by atoms with Crippen molar-refractivity contribution >= 4 is 17.5 Å². The second kappa shape index (κ2) is 8.31. The van der Waals surface area contributed by atoms with E-state index in [9.17, 15) is 22.8 Å². The molecule has 1 amide bonds. The predicted octanol–water partition coefficient (Wildman–Crippen LogP) is 3.39. The Bertz CT molecular complexity index is 934. The van der Waals surface area contributed by atoms with Gasteiger partial charge >= 0.3 is 6.18 Å². The summed E-state index contributed by atoms with van der Waals surface area (Å²) in [4.78, 5) is 34.3. The fourth-order valence-electron chi connectivity index (χ4n) is 4.48. The zero-order valence-electron chi connectivity index (χ0n) is 16.6. The first kappa shape index (κ1) is 20.7. The number of rotatable bonds is 4. The van der Waals surface area contributed by atoms with Crippen molar-refractivity contribution in [2.24, 2.45) is 5.92 Å². The number of nitrogens with zero attached hydrogens (tertiary/aromatic N) is 5. The lowest BCUT2D eigenvalue weighted by Crippen LogP contribution is -2.38. The van der Waals surface area contributed by atoms with Crippen molar-refractivity contribution in [2.75, 3.05) is 13.1 Å². The molecule has 0 unspecified atom stereocenters. The Kier molecular flexibility index (Phi) is 5.75. The van der Waals surface area contributed by atoms with Crippen molar-refractivity contribution in [3.63, 3.8) is 0 Å². The van der Waals surface area contributed by atoms with Crippen LogP contribution in [0.5, 0.6) is 0 Å². The molecule has 7 nitrogen and oxygen atoms in total. The first-order valence-electron chi connectivity index (χ1n) is 10.4. The Morgan fingerprint density at radius 1 is 1.17 bits per heavy atom. The van der Waals surface area contributed by atoms with E-state index in [4.69, 9.17) is 0 Å². The molecule has 1 aliphatic heterocycles. The molecule has 2 aromatic rings. The fourth-order valence-corrected chi connectivity index (χ4v) is 4.48. The molecule has 0 bridgehead atoms. The number of carbonyl (C=O) groups is 2. The predicted molar refractivity (Wildman–Crippen MR) is 101 cm³/mol. The van der Waals surface area contributed by atoms with Gasteiger partial charge < -0.3 is 4.90 Å². The topological polar surface area (TPSA) is 80.5 Å². The third-order valence-electron chi connectivity index (χ3n) is 6.22. The fraction of sp³-hybridized carbons (Fsp3) is 0.650. The normalized spacial score (nSPS) is 21.4. The number of carbonyl (C=O) groups excluding carboxylic acids is 2.